The van der Waals surface area contributed by atoms with Crippen LogP contribution in [0.4, 0.5) is 0 Å². The fourth-order valence-electron chi connectivity index (χ4n) is 0. The summed E-state index contributed by atoms with van der Waals surface area (Å²) in [6.07, 6.45) is 4.81. The molecule has 0 N–H and O–H groups in total. The van der Waals surface area contributed by atoms with Gasteiger partial charge in [-0.05, 0) is 5.21 Å². The Morgan fingerprint density at radius 3 is 1.83 bits per heavy atom. The predicted molar refractivity (Wildman–Crippen MR) is 28.7 cm³/mol. The average molecular weight is 73.7 g/mol. The lowest BCUT2D eigenvalue weighted by atomic mass is 9.57. The quantitative estimate of drug-likeness (QED) is 0.282. The molecule has 0 bridgehead atoms. The molecule has 0 aliphatic rings. The minimum atomic E-state index is -0.931. The van der Waals surface area contributed by atoms with E-state index >= 15 is 0 Å². The van der Waals surface area contributed by atoms with Crippen LogP contribution in [0.3, 0.4) is 0 Å². The fraction of sp³-hybridized carbons (Fsp3) is 0.500. The summed E-state index contributed by atoms with van der Waals surface area (Å²) in [6.45, 7) is 1.56. The van der Waals surface area contributed by atoms with Crippen molar-refractivity contribution in [2.24, 2.45) is 0 Å². The van der Waals surface area contributed by atoms with Crippen LogP contribution in [0.2, 0.25) is 5.21 Å². The number of rotatable bonds is 0. The zero-order valence-corrected chi connectivity index (χ0v) is 3.73. The highest BCUT2D eigenvalue weighted by atomic mass is 13.8. The predicted octanol–water partition coefficient (Wildman–Crippen LogP) is 0.0927. The first-order valence-electron chi connectivity index (χ1n) is 1.62. The SMILES string of the molecule is [B]C([B])(C)C#C. The zero-order valence-electron chi connectivity index (χ0n) is 3.73. The molecule has 0 unspecified atom stereocenters. The third kappa shape index (κ3) is 3.69. The zero-order chi connectivity index (χ0) is 5.21. The molecule has 0 aliphatic heterocycles. The van der Waals surface area contributed by atoms with Crippen molar-refractivity contribution in [2.75, 3.05) is 0 Å². The van der Waals surface area contributed by atoms with Crippen LogP contribution in [0.25, 0.3) is 0 Å². The Kier molecular flexibility index (Phi) is 1.35. The summed E-state index contributed by atoms with van der Waals surface area (Å²) in [5.74, 6) is 2.16. The first-order valence-corrected chi connectivity index (χ1v) is 1.62. The van der Waals surface area contributed by atoms with Gasteiger partial charge in [-0.15, -0.1) is 12.3 Å². The Balaban J connectivity index is 3.55. The Morgan fingerprint density at radius 2 is 1.83 bits per heavy atom. The number of hydrogen-bond donors (Lipinski definition) is 0. The molecule has 4 radical (unpaired) electrons. The second-order valence-corrected chi connectivity index (χ2v) is 1.43. The van der Waals surface area contributed by atoms with E-state index in [4.69, 9.17) is 22.1 Å². The van der Waals surface area contributed by atoms with Gasteiger partial charge in [0.25, 0.3) is 0 Å². The monoisotopic (exact) mass is 74.0 g/mol. The number of hydrogen-bond acceptors (Lipinski definition) is 0. The number of terminal acetylenes is 1. The van der Waals surface area contributed by atoms with E-state index in [-0.39, 0.29) is 0 Å². The summed E-state index contributed by atoms with van der Waals surface area (Å²) in [7, 11) is 10.2. The van der Waals surface area contributed by atoms with Gasteiger partial charge in [-0.2, -0.15) is 0 Å². The molecule has 0 atom stereocenters. The van der Waals surface area contributed by atoms with Crippen LogP contribution in [-0.4, -0.2) is 15.7 Å². The molecule has 0 amide bonds. The van der Waals surface area contributed by atoms with Crippen LogP contribution >= 0.6 is 0 Å². The molecule has 0 aromatic rings. The van der Waals surface area contributed by atoms with E-state index in [1.165, 1.54) is 0 Å². The molecule has 6 heavy (non-hydrogen) atoms. The van der Waals surface area contributed by atoms with Crippen LogP contribution in [-0.2, 0) is 0 Å². The minimum Gasteiger partial charge on any atom is -0.121 e. The molecule has 0 spiro atoms. The largest absolute Gasteiger partial charge is 0.121 e. The molecule has 0 nitrogen and oxygen atoms in total. The van der Waals surface area contributed by atoms with E-state index in [9.17, 15) is 0 Å². The third-order valence-electron chi connectivity index (χ3n) is 0.311. The standard InChI is InChI=1S/C4H4B2/c1-3-4(2,5)6/h1H,2H3. The average Bonchev–Trinajstić information content (AvgIpc) is 1.35. The minimum absolute atomic E-state index is 0.931. The summed E-state index contributed by atoms with van der Waals surface area (Å²) >= 11 is 0. The molecular weight excluding hydrogens is 69.7 g/mol. The van der Waals surface area contributed by atoms with Crippen molar-refractivity contribution in [2.45, 2.75) is 12.1 Å². The lowest BCUT2D eigenvalue weighted by Crippen LogP contribution is -2.01. The Labute approximate surface area is 41.1 Å². The summed E-state index contributed by atoms with van der Waals surface area (Å²) in [4.78, 5) is 0. The van der Waals surface area contributed by atoms with Crippen molar-refractivity contribution in [3.05, 3.63) is 0 Å². The summed E-state index contributed by atoms with van der Waals surface area (Å²) in [6, 6.07) is 0. The normalized spacial score (nSPS) is 10.0. The molecule has 0 aliphatic carbocycles. The van der Waals surface area contributed by atoms with Gasteiger partial charge in [0.1, 0.15) is 0 Å². The second kappa shape index (κ2) is 1.43. The van der Waals surface area contributed by atoms with Gasteiger partial charge in [-0.1, -0.05) is 6.92 Å². The first-order chi connectivity index (χ1) is 2.56. The van der Waals surface area contributed by atoms with Crippen molar-refractivity contribution in [3.8, 4) is 12.3 Å². The van der Waals surface area contributed by atoms with Gasteiger partial charge < -0.3 is 0 Å². The first kappa shape index (κ1) is 5.69. The molecule has 2 heteroatoms. The summed E-state index contributed by atoms with van der Waals surface area (Å²) in [5, 5.41) is -0.931. The van der Waals surface area contributed by atoms with Crippen molar-refractivity contribution >= 4 is 15.7 Å². The van der Waals surface area contributed by atoms with Crippen LogP contribution in [0, 0.1) is 12.3 Å². The van der Waals surface area contributed by atoms with Crippen LogP contribution in [0.5, 0.6) is 0 Å². The van der Waals surface area contributed by atoms with Gasteiger partial charge in [0.15, 0.2) is 0 Å². The highest BCUT2D eigenvalue weighted by Crippen LogP contribution is 2.07. The maximum atomic E-state index is 5.08. The molecule has 0 saturated heterocycles. The van der Waals surface area contributed by atoms with Gasteiger partial charge >= 0.3 is 0 Å². The van der Waals surface area contributed by atoms with Crippen molar-refractivity contribution < 1.29 is 0 Å². The summed E-state index contributed by atoms with van der Waals surface area (Å²) in [5.41, 5.74) is 0. The Hall–Kier alpha value is -0.310. The third-order valence-corrected chi connectivity index (χ3v) is 0.311. The van der Waals surface area contributed by atoms with E-state index in [0.29, 0.717) is 0 Å². The molecule has 0 aromatic heterocycles. The maximum Gasteiger partial charge on any atom is 0.0786 e. The van der Waals surface area contributed by atoms with E-state index < -0.39 is 5.21 Å². The van der Waals surface area contributed by atoms with E-state index in [1.54, 1.807) is 6.92 Å². The van der Waals surface area contributed by atoms with Gasteiger partial charge in [-0.25, -0.2) is 0 Å². The summed E-state index contributed by atoms with van der Waals surface area (Å²) < 4.78 is 0. The topological polar surface area (TPSA) is 0 Å². The highest BCUT2D eigenvalue weighted by molar-refractivity contribution is 6.41. The van der Waals surface area contributed by atoms with Crippen LogP contribution < -0.4 is 0 Å². The van der Waals surface area contributed by atoms with Crippen molar-refractivity contribution in [1.82, 2.24) is 0 Å². The molecule has 0 aromatic carbocycles. The molecule has 0 heterocycles. The molecule has 0 saturated carbocycles. The lowest BCUT2D eigenvalue weighted by Gasteiger charge is -2.05. The van der Waals surface area contributed by atoms with Gasteiger partial charge in [-0.3, -0.25) is 0 Å². The molecular formula is C4H4B2. The smallest absolute Gasteiger partial charge is 0.0786 e. The Morgan fingerprint density at radius 1 is 1.67 bits per heavy atom. The van der Waals surface area contributed by atoms with E-state index in [1.807, 2.05) is 0 Å². The lowest BCUT2D eigenvalue weighted by molar-refractivity contribution is 1.14. The molecule has 0 fully saturated rings. The van der Waals surface area contributed by atoms with Gasteiger partial charge in [0, 0.05) is 0 Å². The van der Waals surface area contributed by atoms with Crippen LogP contribution in [0.15, 0.2) is 0 Å². The van der Waals surface area contributed by atoms with Crippen molar-refractivity contribution in [3.63, 3.8) is 0 Å². The second-order valence-electron chi connectivity index (χ2n) is 1.43. The van der Waals surface area contributed by atoms with E-state index in [2.05, 4.69) is 5.92 Å². The van der Waals surface area contributed by atoms with Gasteiger partial charge in [0.05, 0.1) is 15.7 Å². The molecule has 26 valence electrons. The molecule has 0 rings (SSSR count). The van der Waals surface area contributed by atoms with Gasteiger partial charge in [0.2, 0.25) is 0 Å². The fourth-order valence-corrected chi connectivity index (χ4v) is 0. The van der Waals surface area contributed by atoms with Crippen molar-refractivity contribution in [1.29, 1.82) is 0 Å². The maximum absolute atomic E-state index is 5.08. The Bertz CT molecular complexity index is 72.5. The van der Waals surface area contributed by atoms with Crippen LogP contribution in [0.1, 0.15) is 6.92 Å². The van der Waals surface area contributed by atoms with E-state index in [0.717, 1.165) is 0 Å². The highest BCUT2D eigenvalue weighted by Gasteiger charge is 2.00.